The van der Waals surface area contributed by atoms with E-state index in [0.29, 0.717) is 16.5 Å². The number of benzene rings is 1. The Bertz CT molecular complexity index is 858. The van der Waals surface area contributed by atoms with Crippen molar-refractivity contribution in [2.24, 2.45) is 0 Å². The van der Waals surface area contributed by atoms with Crippen molar-refractivity contribution in [2.45, 2.75) is 0 Å². The molecule has 0 radical (unpaired) electrons. The molecular weight excluding hydrogens is 302 g/mol. The molecule has 2 aromatic heterocycles. The Balaban J connectivity index is 2.08. The normalized spacial score (nSPS) is 10.6. The van der Waals surface area contributed by atoms with Gasteiger partial charge in [0.1, 0.15) is 5.82 Å². The summed E-state index contributed by atoms with van der Waals surface area (Å²) < 4.78 is 1.68. The van der Waals surface area contributed by atoms with Gasteiger partial charge in [0, 0.05) is 34.7 Å². The number of hydrogen-bond acceptors (Lipinski definition) is 3. The van der Waals surface area contributed by atoms with Gasteiger partial charge in [-0.25, -0.2) is 9.78 Å². The first-order chi connectivity index (χ1) is 10.6. The number of aromatic nitrogens is 2. The molecule has 6 heteroatoms. The molecule has 1 aromatic carbocycles. The number of nitrogens with zero attached hydrogens (tertiary/aromatic N) is 2. The first-order valence-electron chi connectivity index (χ1n) is 6.48. The maximum Gasteiger partial charge on any atom is 0.335 e. The summed E-state index contributed by atoms with van der Waals surface area (Å²) in [5, 5.41) is 9.65. The highest BCUT2D eigenvalue weighted by Crippen LogP contribution is 2.33. The van der Waals surface area contributed by atoms with Crippen LogP contribution in [0, 0.1) is 0 Å². The fourth-order valence-corrected chi connectivity index (χ4v) is 2.44. The van der Waals surface area contributed by atoms with E-state index in [9.17, 15) is 4.79 Å². The summed E-state index contributed by atoms with van der Waals surface area (Å²) in [4.78, 5) is 15.2. The zero-order valence-corrected chi connectivity index (χ0v) is 12.2. The Labute approximate surface area is 131 Å². The van der Waals surface area contributed by atoms with Crippen molar-refractivity contribution in [1.29, 1.82) is 0 Å². The molecule has 110 valence electrons. The molecule has 0 bridgehead atoms. The van der Waals surface area contributed by atoms with E-state index in [2.05, 4.69) is 4.98 Å². The molecule has 3 rings (SSSR count). The number of carbonyl (C=O) groups is 1. The van der Waals surface area contributed by atoms with Crippen LogP contribution in [0.25, 0.3) is 16.9 Å². The van der Waals surface area contributed by atoms with Crippen LogP contribution in [0.3, 0.4) is 0 Å². The molecule has 0 unspecified atom stereocenters. The largest absolute Gasteiger partial charge is 0.478 e. The molecule has 0 fully saturated rings. The van der Waals surface area contributed by atoms with Gasteiger partial charge in [-0.2, -0.15) is 0 Å². The number of pyridine rings is 1. The molecule has 0 atom stereocenters. The minimum Gasteiger partial charge on any atom is -0.478 e. The fraction of sp³-hybridized carbons (Fsp3) is 0. The minimum atomic E-state index is -1.00. The van der Waals surface area contributed by atoms with E-state index >= 15 is 0 Å². The van der Waals surface area contributed by atoms with Gasteiger partial charge in [0.2, 0.25) is 0 Å². The van der Waals surface area contributed by atoms with Gasteiger partial charge in [-0.15, -0.1) is 0 Å². The van der Waals surface area contributed by atoms with Crippen molar-refractivity contribution in [1.82, 2.24) is 9.55 Å². The topological polar surface area (TPSA) is 81.1 Å². The van der Waals surface area contributed by atoms with Crippen LogP contribution in [-0.2, 0) is 0 Å². The number of halogens is 1. The van der Waals surface area contributed by atoms with E-state index in [1.54, 1.807) is 23.0 Å². The summed E-state index contributed by atoms with van der Waals surface area (Å²) in [6.45, 7) is 0. The first kappa shape index (κ1) is 14.2. The highest BCUT2D eigenvalue weighted by Gasteiger charge is 2.12. The first-order valence-corrected chi connectivity index (χ1v) is 6.86. The highest BCUT2D eigenvalue weighted by atomic mass is 35.5. The second-order valence-corrected chi connectivity index (χ2v) is 5.13. The van der Waals surface area contributed by atoms with Crippen LogP contribution in [-0.4, -0.2) is 20.6 Å². The van der Waals surface area contributed by atoms with Crippen molar-refractivity contribution in [2.75, 3.05) is 5.73 Å². The van der Waals surface area contributed by atoms with Crippen LogP contribution in [0.4, 0.5) is 5.69 Å². The number of hydrogen-bond donors (Lipinski definition) is 2. The van der Waals surface area contributed by atoms with E-state index in [0.717, 1.165) is 11.1 Å². The lowest BCUT2D eigenvalue weighted by Crippen LogP contribution is -2.00. The van der Waals surface area contributed by atoms with Gasteiger partial charge in [-0.3, -0.25) is 0 Å². The third-order valence-electron chi connectivity index (χ3n) is 3.28. The predicted molar refractivity (Wildman–Crippen MR) is 85.4 cm³/mol. The summed E-state index contributed by atoms with van der Waals surface area (Å²) in [5.74, 6) is -0.528. The zero-order valence-electron chi connectivity index (χ0n) is 11.4. The Kier molecular flexibility index (Phi) is 3.56. The Morgan fingerprint density at radius 3 is 2.68 bits per heavy atom. The lowest BCUT2D eigenvalue weighted by atomic mass is 10.1. The number of carboxylic acid groups (broad SMARTS) is 1. The summed E-state index contributed by atoms with van der Waals surface area (Å²) >= 11 is 6.19. The summed E-state index contributed by atoms with van der Waals surface area (Å²) in [5.41, 5.74) is 8.34. The molecule has 0 aliphatic carbocycles. The van der Waals surface area contributed by atoms with Crippen LogP contribution in [0.15, 0.2) is 55.0 Å². The summed E-state index contributed by atoms with van der Waals surface area (Å²) in [6, 6.07) is 10.3. The molecule has 0 amide bonds. The lowest BCUT2D eigenvalue weighted by molar-refractivity contribution is 0.0696. The van der Waals surface area contributed by atoms with E-state index < -0.39 is 5.97 Å². The molecule has 5 nitrogen and oxygen atoms in total. The summed E-state index contributed by atoms with van der Waals surface area (Å²) in [7, 11) is 0. The SMILES string of the molecule is Nc1cn(-c2cc(C(=O)O)ccn2)cc1-c1ccccc1Cl. The van der Waals surface area contributed by atoms with Crippen LogP contribution >= 0.6 is 11.6 Å². The van der Waals surface area contributed by atoms with E-state index in [-0.39, 0.29) is 5.56 Å². The second kappa shape index (κ2) is 5.54. The number of carboxylic acids is 1. The minimum absolute atomic E-state index is 0.163. The zero-order chi connectivity index (χ0) is 15.7. The van der Waals surface area contributed by atoms with Crippen molar-refractivity contribution < 1.29 is 9.90 Å². The maximum atomic E-state index is 11.0. The predicted octanol–water partition coefficient (Wildman–Crippen LogP) is 3.47. The van der Waals surface area contributed by atoms with Crippen LogP contribution in [0.5, 0.6) is 0 Å². The number of nitrogens with two attached hydrogens (primary N) is 1. The molecule has 2 heterocycles. The van der Waals surface area contributed by atoms with Gasteiger partial charge < -0.3 is 15.4 Å². The van der Waals surface area contributed by atoms with Crippen LogP contribution in [0.2, 0.25) is 5.02 Å². The Morgan fingerprint density at radius 1 is 1.18 bits per heavy atom. The van der Waals surface area contributed by atoms with E-state index in [1.807, 2.05) is 18.2 Å². The quantitative estimate of drug-likeness (QED) is 0.775. The van der Waals surface area contributed by atoms with Gasteiger partial charge in [0.25, 0.3) is 0 Å². The second-order valence-electron chi connectivity index (χ2n) is 4.72. The molecule has 0 saturated carbocycles. The van der Waals surface area contributed by atoms with Crippen molar-refractivity contribution >= 4 is 23.3 Å². The molecule has 3 N–H and O–H groups in total. The van der Waals surface area contributed by atoms with Crippen molar-refractivity contribution in [3.63, 3.8) is 0 Å². The molecule has 3 aromatic rings. The van der Waals surface area contributed by atoms with Gasteiger partial charge in [-0.1, -0.05) is 29.8 Å². The molecule has 0 aliphatic heterocycles. The average Bonchev–Trinajstić information content (AvgIpc) is 2.90. The third kappa shape index (κ3) is 2.54. The number of nitrogen functional groups attached to an aromatic ring is 1. The third-order valence-corrected chi connectivity index (χ3v) is 3.61. The molecule has 0 aliphatic rings. The van der Waals surface area contributed by atoms with Crippen LogP contribution < -0.4 is 5.73 Å². The summed E-state index contributed by atoms with van der Waals surface area (Å²) in [6.07, 6.45) is 4.92. The number of rotatable bonds is 3. The number of anilines is 1. The van der Waals surface area contributed by atoms with Gasteiger partial charge in [0.15, 0.2) is 0 Å². The highest BCUT2D eigenvalue weighted by molar-refractivity contribution is 6.33. The van der Waals surface area contributed by atoms with E-state index in [1.165, 1.54) is 18.3 Å². The monoisotopic (exact) mass is 313 g/mol. The Morgan fingerprint density at radius 2 is 1.95 bits per heavy atom. The van der Waals surface area contributed by atoms with Crippen LogP contribution in [0.1, 0.15) is 10.4 Å². The molecule has 0 saturated heterocycles. The van der Waals surface area contributed by atoms with Gasteiger partial charge in [-0.05, 0) is 18.2 Å². The maximum absolute atomic E-state index is 11.0. The van der Waals surface area contributed by atoms with Gasteiger partial charge >= 0.3 is 5.97 Å². The Hall–Kier alpha value is -2.79. The van der Waals surface area contributed by atoms with Gasteiger partial charge in [0.05, 0.1) is 11.3 Å². The standard InChI is InChI=1S/C16H12ClN3O2/c17-13-4-2-1-3-11(13)12-8-20(9-14(12)18)15-7-10(16(21)22)5-6-19-15/h1-9H,18H2,(H,21,22). The average molecular weight is 314 g/mol. The van der Waals surface area contributed by atoms with Crippen molar-refractivity contribution in [3.8, 4) is 16.9 Å². The molecule has 0 spiro atoms. The smallest absolute Gasteiger partial charge is 0.335 e. The fourth-order valence-electron chi connectivity index (χ4n) is 2.20. The van der Waals surface area contributed by atoms with E-state index in [4.69, 9.17) is 22.4 Å². The van der Waals surface area contributed by atoms with Crippen molar-refractivity contribution in [3.05, 3.63) is 65.6 Å². The molecule has 22 heavy (non-hydrogen) atoms. The lowest BCUT2D eigenvalue weighted by Gasteiger charge is -2.03. The number of aromatic carboxylic acids is 1. The molecular formula is C16H12ClN3O2.